The monoisotopic (exact) mass is 545 g/mol. The van der Waals surface area contributed by atoms with Gasteiger partial charge < -0.3 is 0 Å². The minimum atomic E-state index is 0.0786. The Morgan fingerprint density at radius 3 is 1.86 bits per heavy atom. The van der Waals surface area contributed by atoms with Crippen LogP contribution < -0.4 is 0 Å². The Bertz CT molecular complexity index is 765. The van der Waals surface area contributed by atoms with Gasteiger partial charge in [0.1, 0.15) is 5.82 Å². The molecule has 2 aromatic rings. The zero-order valence-corrected chi connectivity index (χ0v) is 22.3. The second-order valence-corrected chi connectivity index (χ2v) is 14.0. The largest absolute Gasteiger partial charge is 0.207 e. The molecule has 1 aromatic carbocycles. The first kappa shape index (κ1) is 24.2. The summed E-state index contributed by atoms with van der Waals surface area (Å²) in [7, 11) is 0. The Hall–Kier alpha value is -0.110. The van der Waals surface area contributed by atoms with E-state index in [2.05, 4.69) is 91.6 Å². The molecule has 0 saturated heterocycles. The van der Waals surface area contributed by atoms with Crippen LogP contribution in [0.25, 0.3) is 0 Å². The van der Waals surface area contributed by atoms with E-state index < -0.39 is 0 Å². The molecule has 0 amide bonds. The lowest BCUT2D eigenvalue weighted by Crippen LogP contribution is -2.13. The van der Waals surface area contributed by atoms with Crippen molar-refractivity contribution in [3.8, 4) is 0 Å². The van der Waals surface area contributed by atoms with Gasteiger partial charge in [-0.1, -0.05) is 96.9 Å². The summed E-state index contributed by atoms with van der Waals surface area (Å²) in [6, 6.07) is 6.34. The maximum absolute atomic E-state index is 4.74. The van der Waals surface area contributed by atoms with Crippen LogP contribution in [0.5, 0.6) is 0 Å². The van der Waals surface area contributed by atoms with Crippen molar-refractivity contribution in [1.82, 2.24) is 15.0 Å². The standard InChI is InChI=1S/C21H29Br2N3S2/c1-20(2,3)27-18-24-17(25-19(26-18)28-21(4,5)6)10-8-7-9-14-13-15(22)11-12-16(14)23/h11-13H,7-10H2,1-6H3. The Kier molecular flexibility index (Phi) is 8.86. The molecule has 0 radical (unpaired) electrons. The Morgan fingerprint density at radius 2 is 1.32 bits per heavy atom. The summed E-state index contributed by atoms with van der Waals surface area (Å²) < 4.78 is 2.45. The number of unbranched alkanes of at least 4 members (excludes halogenated alkanes) is 1. The second-order valence-electron chi connectivity index (χ2n) is 8.69. The summed E-state index contributed by atoms with van der Waals surface area (Å²) >= 11 is 10.6. The van der Waals surface area contributed by atoms with Crippen LogP contribution in [0, 0.1) is 0 Å². The average molecular weight is 547 g/mol. The molecule has 0 saturated carbocycles. The van der Waals surface area contributed by atoms with E-state index >= 15 is 0 Å². The van der Waals surface area contributed by atoms with Crippen molar-refractivity contribution >= 4 is 55.4 Å². The fraction of sp³-hybridized carbons (Fsp3) is 0.571. The summed E-state index contributed by atoms with van der Waals surface area (Å²) in [4.78, 5) is 14.2. The zero-order valence-electron chi connectivity index (χ0n) is 17.5. The number of hydrogen-bond acceptors (Lipinski definition) is 5. The fourth-order valence-corrected chi connectivity index (χ4v) is 5.03. The van der Waals surface area contributed by atoms with Crippen LogP contribution in [0.3, 0.4) is 0 Å². The van der Waals surface area contributed by atoms with Gasteiger partial charge >= 0.3 is 0 Å². The van der Waals surface area contributed by atoms with Crippen LogP contribution in [-0.2, 0) is 12.8 Å². The van der Waals surface area contributed by atoms with Crippen molar-refractivity contribution < 1.29 is 0 Å². The molecule has 0 unspecified atom stereocenters. The summed E-state index contributed by atoms with van der Waals surface area (Å²) in [5.41, 5.74) is 1.33. The molecule has 0 spiro atoms. The topological polar surface area (TPSA) is 38.7 Å². The summed E-state index contributed by atoms with van der Waals surface area (Å²) in [6.45, 7) is 13.1. The SMILES string of the molecule is CC(C)(C)Sc1nc(CCCCc2cc(Br)ccc2Br)nc(SC(C)(C)C)n1. The molecule has 2 rings (SSSR count). The number of aryl methyl sites for hydroxylation is 2. The van der Waals surface area contributed by atoms with Gasteiger partial charge in [-0.15, -0.1) is 0 Å². The van der Waals surface area contributed by atoms with E-state index in [-0.39, 0.29) is 9.49 Å². The Labute approximate surface area is 195 Å². The van der Waals surface area contributed by atoms with E-state index in [9.17, 15) is 0 Å². The smallest absolute Gasteiger partial charge is 0.192 e. The molecule has 28 heavy (non-hydrogen) atoms. The van der Waals surface area contributed by atoms with Gasteiger partial charge in [-0.2, -0.15) is 4.98 Å². The molecule has 0 atom stereocenters. The molecule has 1 heterocycles. The van der Waals surface area contributed by atoms with Crippen LogP contribution in [0.15, 0.2) is 37.5 Å². The quantitative estimate of drug-likeness (QED) is 0.262. The Morgan fingerprint density at radius 1 is 0.786 bits per heavy atom. The lowest BCUT2D eigenvalue weighted by Gasteiger charge is -2.19. The molecule has 0 fully saturated rings. The first-order valence-corrected chi connectivity index (χ1v) is 12.7. The molecule has 0 aliphatic carbocycles. The molecule has 0 N–H and O–H groups in total. The van der Waals surface area contributed by atoms with Crippen LogP contribution >= 0.6 is 55.4 Å². The minimum absolute atomic E-state index is 0.0786. The van der Waals surface area contributed by atoms with E-state index in [1.165, 1.54) is 10.0 Å². The van der Waals surface area contributed by atoms with Gasteiger partial charge in [-0.05, 0) is 43.0 Å². The highest BCUT2D eigenvalue weighted by Gasteiger charge is 2.19. The minimum Gasteiger partial charge on any atom is -0.207 e. The number of rotatable bonds is 7. The molecule has 0 aliphatic rings. The molecular weight excluding hydrogens is 518 g/mol. The van der Waals surface area contributed by atoms with E-state index in [1.807, 2.05) is 0 Å². The Balaban J connectivity index is 2.05. The number of nitrogens with zero attached hydrogens (tertiary/aromatic N) is 3. The fourth-order valence-electron chi connectivity index (χ4n) is 2.46. The normalized spacial score (nSPS) is 12.4. The van der Waals surface area contributed by atoms with Gasteiger partial charge in [0.15, 0.2) is 10.3 Å². The van der Waals surface area contributed by atoms with Crippen molar-refractivity contribution in [3.63, 3.8) is 0 Å². The summed E-state index contributed by atoms with van der Waals surface area (Å²) in [5, 5.41) is 1.66. The van der Waals surface area contributed by atoms with Crippen LogP contribution in [0.2, 0.25) is 0 Å². The van der Waals surface area contributed by atoms with Crippen molar-refractivity contribution in [2.24, 2.45) is 0 Å². The van der Waals surface area contributed by atoms with Gasteiger partial charge in [0.25, 0.3) is 0 Å². The van der Waals surface area contributed by atoms with Crippen molar-refractivity contribution in [2.75, 3.05) is 0 Å². The maximum atomic E-state index is 4.74. The number of thioether (sulfide) groups is 2. The van der Waals surface area contributed by atoms with Crippen molar-refractivity contribution in [1.29, 1.82) is 0 Å². The van der Waals surface area contributed by atoms with E-state index in [4.69, 9.17) is 15.0 Å². The molecular formula is C21H29Br2N3S2. The lowest BCUT2D eigenvalue weighted by atomic mass is 10.1. The number of halogens is 2. The van der Waals surface area contributed by atoms with Gasteiger partial charge in [-0.3, -0.25) is 0 Å². The van der Waals surface area contributed by atoms with Crippen LogP contribution in [0.4, 0.5) is 0 Å². The second kappa shape index (κ2) is 10.3. The van der Waals surface area contributed by atoms with Gasteiger partial charge in [-0.25, -0.2) is 9.97 Å². The van der Waals surface area contributed by atoms with Crippen molar-refractivity contribution in [2.45, 2.75) is 87.0 Å². The summed E-state index contributed by atoms with van der Waals surface area (Å²) in [5.74, 6) is 0.904. The number of aromatic nitrogens is 3. The van der Waals surface area contributed by atoms with Crippen LogP contribution in [0.1, 0.15) is 65.8 Å². The third-order valence-corrected chi connectivity index (χ3v) is 6.76. The van der Waals surface area contributed by atoms with Crippen molar-refractivity contribution in [3.05, 3.63) is 38.5 Å². The lowest BCUT2D eigenvalue weighted by molar-refractivity contribution is 0.657. The summed E-state index contributed by atoms with van der Waals surface area (Å²) in [6.07, 6.45) is 4.08. The third-order valence-electron chi connectivity index (χ3n) is 3.54. The van der Waals surface area contributed by atoms with E-state index in [0.29, 0.717) is 0 Å². The molecule has 7 heteroatoms. The molecule has 0 aliphatic heterocycles. The van der Waals surface area contributed by atoms with Gasteiger partial charge in [0.05, 0.1) is 0 Å². The highest BCUT2D eigenvalue weighted by atomic mass is 79.9. The predicted molar refractivity (Wildman–Crippen MR) is 130 cm³/mol. The van der Waals surface area contributed by atoms with Gasteiger partial charge in [0.2, 0.25) is 0 Å². The highest BCUT2D eigenvalue weighted by molar-refractivity contribution is 9.11. The maximum Gasteiger partial charge on any atom is 0.192 e. The third kappa shape index (κ3) is 9.14. The predicted octanol–water partition coefficient (Wildman–Crippen LogP) is 7.74. The molecule has 1 aromatic heterocycles. The van der Waals surface area contributed by atoms with E-state index in [1.54, 1.807) is 23.5 Å². The van der Waals surface area contributed by atoms with E-state index in [0.717, 1.165) is 46.3 Å². The molecule has 0 bridgehead atoms. The molecule has 154 valence electrons. The zero-order chi connectivity index (χ0) is 20.9. The van der Waals surface area contributed by atoms with Crippen LogP contribution in [-0.4, -0.2) is 24.4 Å². The average Bonchev–Trinajstić information content (AvgIpc) is 2.51. The van der Waals surface area contributed by atoms with Gasteiger partial charge in [0, 0.05) is 24.9 Å². The number of benzene rings is 1. The highest BCUT2D eigenvalue weighted by Crippen LogP contribution is 2.33. The number of hydrogen-bond donors (Lipinski definition) is 0. The molecule has 3 nitrogen and oxygen atoms in total. The first-order valence-electron chi connectivity index (χ1n) is 9.48. The first-order chi connectivity index (χ1) is 12.9.